The molecule has 0 aromatic heterocycles. The van der Waals surface area contributed by atoms with Crippen LogP contribution in [0.2, 0.25) is 0 Å². The number of rotatable bonds is 5. The van der Waals surface area contributed by atoms with Gasteiger partial charge in [0.2, 0.25) is 5.91 Å². The molecule has 1 amide bonds. The number of carbonyl (C=O) groups excluding carboxylic acids is 1. The number of hydrogen-bond donors (Lipinski definition) is 1. The highest BCUT2D eigenvalue weighted by molar-refractivity contribution is 5.81. The van der Waals surface area contributed by atoms with E-state index >= 15 is 0 Å². The van der Waals surface area contributed by atoms with Crippen LogP contribution in [0, 0.1) is 6.92 Å². The van der Waals surface area contributed by atoms with Gasteiger partial charge in [0, 0.05) is 38.4 Å². The van der Waals surface area contributed by atoms with Crippen molar-refractivity contribution >= 4 is 11.6 Å². The van der Waals surface area contributed by atoms with Crippen LogP contribution in [-0.4, -0.2) is 49.6 Å². The number of nitrogens with one attached hydrogen (secondary N) is 1. The number of nitrogens with zero attached hydrogens (tertiary/aromatic N) is 2. The van der Waals surface area contributed by atoms with Gasteiger partial charge in [-0.05, 0) is 25.5 Å². The smallest absolute Gasteiger partial charge is 0.237 e. The zero-order valence-corrected chi connectivity index (χ0v) is 13.0. The Hall–Kier alpha value is -1.81. The maximum Gasteiger partial charge on any atom is 0.237 e. The van der Waals surface area contributed by atoms with E-state index in [1.54, 1.807) is 6.08 Å². The summed E-state index contributed by atoms with van der Waals surface area (Å²) in [6, 6.07) is 8.39. The Morgan fingerprint density at radius 2 is 2.00 bits per heavy atom. The lowest BCUT2D eigenvalue weighted by Crippen LogP contribution is -2.54. The average molecular weight is 287 g/mol. The van der Waals surface area contributed by atoms with Crippen LogP contribution in [-0.2, 0) is 4.79 Å². The van der Waals surface area contributed by atoms with E-state index in [2.05, 4.69) is 52.9 Å². The van der Waals surface area contributed by atoms with Crippen molar-refractivity contribution in [3.05, 3.63) is 42.5 Å². The lowest BCUT2D eigenvalue weighted by Gasteiger charge is -2.39. The minimum atomic E-state index is -0.0797. The van der Waals surface area contributed by atoms with Crippen molar-refractivity contribution in [3.63, 3.8) is 0 Å². The van der Waals surface area contributed by atoms with Crippen LogP contribution in [0.3, 0.4) is 0 Å². The van der Waals surface area contributed by atoms with Crippen molar-refractivity contribution < 1.29 is 4.79 Å². The molecule has 0 bridgehead atoms. The van der Waals surface area contributed by atoms with Gasteiger partial charge in [0.25, 0.3) is 0 Å². The molecule has 0 unspecified atom stereocenters. The zero-order chi connectivity index (χ0) is 15.2. The van der Waals surface area contributed by atoms with Gasteiger partial charge in [0.05, 0.1) is 6.04 Å². The summed E-state index contributed by atoms with van der Waals surface area (Å²) in [4.78, 5) is 16.6. The van der Waals surface area contributed by atoms with Crippen molar-refractivity contribution in [2.45, 2.75) is 19.9 Å². The molecule has 1 atom stereocenters. The first-order valence-corrected chi connectivity index (χ1v) is 7.56. The van der Waals surface area contributed by atoms with Crippen molar-refractivity contribution in [2.24, 2.45) is 0 Å². The lowest BCUT2D eigenvalue weighted by atomic mass is 10.1. The molecule has 0 spiro atoms. The molecule has 0 aliphatic carbocycles. The zero-order valence-electron chi connectivity index (χ0n) is 13.0. The minimum absolute atomic E-state index is 0.0797. The van der Waals surface area contributed by atoms with Crippen LogP contribution in [0.5, 0.6) is 0 Å². The molecule has 1 aliphatic heterocycles. The van der Waals surface area contributed by atoms with E-state index in [1.807, 2.05) is 6.92 Å². The Bertz CT molecular complexity index is 493. The molecular formula is C17H25N3O. The molecular weight excluding hydrogens is 262 g/mol. The van der Waals surface area contributed by atoms with Crippen LogP contribution >= 0.6 is 0 Å². The molecule has 1 aromatic rings. The molecule has 21 heavy (non-hydrogen) atoms. The van der Waals surface area contributed by atoms with Crippen molar-refractivity contribution in [1.29, 1.82) is 0 Å². The monoisotopic (exact) mass is 287 g/mol. The fourth-order valence-electron chi connectivity index (χ4n) is 2.75. The fraction of sp³-hybridized carbons (Fsp3) is 0.471. The van der Waals surface area contributed by atoms with E-state index in [4.69, 9.17) is 0 Å². The Kier molecular flexibility index (Phi) is 5.39. The van der Waals surface area contributed by atoms with Gasteiger partial charge in [-0.1, -0.05) is 24.3 Å². The van der Waals surface area contributed by atoms with Gasteiger partial charge in [-0.25, -0.2) is 0 Å². The van der Waals surface area contributed by atoms with E-state index in [0.717, 1.165) is 26.2 Å². The van der Waals surface area contributed by atoms with Gasteiger partial charge >= 0.3 is 0 Å². The lowest BCUT2D eigenvalue weighted by molar-refractivity contribution is -0.125. The summed E-state index contributed by atoms with van der Waals surface area (Å²) < 4.78 is 0. The SMILES string of the molecule is C=CCNC(=O)[C@@H](C)N1CCN(c2ccccc2C)CC1. The van der Waals surface area contributed by atoms with Crippen LogP contribution in [0.1, 0.15) is 12.5 Å². The fourth-order valence-corrected chi connectivity index (χ4v) is 2.75. The number of amides is 1. The summed E-state index contributed by atoms with van der Waals surface area (Å²) in [6.45, 7) is 12.0. The predicted octanol–water partition coefficient (Wildman–Crippen LogP) is 1.81. The molecule has 114 valence electrons. The third-order valence-corrected chi connectivity index (χ3v) is 4.12. The molecule has 1 aliphatic rings. The Balaban J connectivity index is 1.90. The summed E-state index contributed by atoms with van der Waals surface area (Å²) in [6.07, 6.45) is 1.71. The maximum atomic E-state index is 12.0. The first-order chi connectivity index (χ1) is 10.1. The number of carbonyl (C=O) groups is 1. The van der Waals surface area contributed by atoms with E-state index in [9.17, 15) is 4.79 Å². The highest BCUT2D eigenvalue weighted by atomic mass is 16.2. The maximum absolute atomic E-state index is 12.0. The Morgan fingerprint density at radius 3 is 2.62 bits per heavy atom. The van der Waals surface area contributed by atoms with Gasteiger partial charge < -0.3 is 10.2 Å². The van der Waals surface area contributed by atoms with E-state index in [0.29, 0.717) is 6.54 Å². The predicted molar refractivity (Wildman–Crippen MR) is 87.6 cm³/mol. The van der Waals surface area contributed by atoms with Crippen LogP contribution in [0.15, 0.2) is 36.9 Å². The third kappa shape index (κ3) is 3.85. The van der Waals surface area contributed by atoms with Crippen LogP contribution in [0.4, 0.5) is 5.69 Å². The molecule has 1 fully saturated rings. The number of para-hydroxylation sites is 1. The number of piperazine rings is 1. The summed E-state index contributed by atoms with van der Waals surface area (Å²) in [5.41, 5.74) is 2.61. The summed E-state index contributed by atoms with van der Waals surface area (Å²) in [7, 11) is 0. The van der Waals surface area contributed by atoms with Gasteiger partial charge in [-0.15, -0.1) is 6.58 Å². The summed E-state index contributed by atoms with van der Waals surface area (Å²) >= 11 is 0. The number of benzene rings is 1. The van der Waals surface area contributed by atoms with Gasteiger partial charge in [0.1, 0.15) is 0 Å². The first-order valence-electron chi connectivity index (χ1n) is 7.56. The normalized spacial score (nSPS) is 17.3. The van der Waals surface area contributed by atoms with Gasteiger partial charge in [-0.2, -0.15) is 0 Å². The highest BCUT2D eigenvalue weighted by Crippen LogP contribution is 2.21. The second-order valence-corrected chi connectivity index (χ2v) is 5.52. The Morgan fingerprint density at radius 1 is 1.33 bits per heavy atom. The summed E-state index contributed by atoms with van der Waals surface area (Å²) in [5.74, 6) is 0.0826. The third-order valence-electron chi connectivity index (χ3n) is 4.12. The second kappa shape index (κ2) is 7.27. The highest BCUT2D eigenvalue weighted by Gasteiger charge is 2.25. The minimum Gasteiger partial charge on any atom is -0.369 e. The van der Waals surface area contributed by atoms with Crippen molar-refractivity contribution in [1.82, 2.24) is 10.2 Å². The molecule has 4 heteroatoms. The van der Waals surface area contributed by atoms with Crippen molar-refractivity contribution in [2.75, 3.05) is 37.6 Å². The molecule has 2 rings (SSSR count). The first kappa shape index (κ1) is 15.6. The number of hydrogen-bond acceptors (Lipinski definition) is 3. The summed E-state index contributed by atoms with van der Waals surface area (Å²) in [5, 5.41) is 2.87. The largest absolute Gasteiger partial charge is 0.369 e. The standard InChI is InChI=1S/C17H25N3O/c1-4-9-18-17(21)15(3)19-10-12-20(13-11-19)16-8-6-5-7-14(16)2/h4-8,15H,1,9-13H2,2-3H3,(H,18,21)/t15-/m1/s1. The van der Waals surface area contributed by atoms with E-state index in [-0.39, 0.29) is 11.9 Å². The van der Waals surface area contributed by atoms with Crippen LogP contribution in [0.25, 0.3) is 0 Å². The van der Waals surface area contributed by atoms with Crippen LogP contribution < -0.4 is 10.2 Å². The topological polar surface area (TPSA) is 35.6 Å². The molecule has 0 radical (unpaired) electrons. The molecule has 1 N–H and O–H groups in total. The van der Waals surface area contributed by atoms with E-state index < -0.39 is 0 Å². The van der Waals surface area contributed by atoms with E-state index in [1.165, 1.54) is 11.3 Å². The average Bonchev–Trinajstić information content (AvgIpc) is 2.52. The molecule has 0 saturated carbocycles. The Labute approximate surface area is 127 Å². The second-order valence-electron chi connectivity index (χ2n) is 5.52. The number of anilines is 1. The van der Waals surface area contributed by atoms with Gasteiger partial charge in [-0.3, -0.25) is 9.69 Å². The van der Waals surface area contributed by atoms with Gasteiger partial charge in [0.15, 0.2) is 0 Å². The van der Waals surface area contributed by atoms with Crippen molar-refractivity contribution in [3.8, 4) is 0 Å². The number of aryl methyl sites for hydroxylation is 1. The quantitative estimate of drug-likeness (QED) is 0.839. The molecule has 4 nitrogen and oxygen atoms in total. The molecule has 1 heterocycles. The molecule has 1 saturated heterocycles. The molecule has 1 aromatic carbocycles.